The summed E-state index contributed by atoms with van der Waals surface area (Å²) in [4.78, 5) is 14.5. The lowest BCUT2D eigenvalue weighted by molar-refractivity contribution is -0.128. The predicted octanol–water partition coefficient (Wildman–Crippen LogP) is 3.50. The van der Waals surface area contributed by atoms with Gasteiger partial charge in [-0.3, -0.25) is 4.79 Å². The first-order valence-electron chi connectivity index (χ1n) is 8.98. The number of ether oxygens (including phenoxy) is 5. The third-order valence-electron chi connectivity index (χ3n) is 4.77. The average molecular weight is 419 g/mol. The molecule has 29 heavy (non-hydrogen) atoms. The molecule has 0 radical (unpaired) electrons. The van der Waals surface area contributed by atoms with E-state index in [0.29, 0.717) is 41.0 Å². The number of rotatable bonds is 8. The van der Waals surface area contributed by atoms with Crippen molar-refractivity contribution in [1.29, 1.82) is 0 Å². The number of carbonyl (C=O) groups excluding carboxylic acids is 1. The minimum absolute atomic E-state index is 0.0543. The van der Waals surface area contributed by atoms with Gasteiger partial charge in [-0.2, -0.15) is 0 Å². The largest absolute Gasteiger partial charge is 0.497 e. The molecule has 8 heteroatoms. The summed E-state index contributed by atoms with van der Waals surface area (Å²) in [6, 6.07) is 9.33. The van der Waals surface area contributed by atoms with Crippen LogP contribution in [0.4, 0.5) is 0 Å². The van der Waals surface area contributed by atoms with Gasteiger partial charge in [-0.25, -0.2) is 0 Å². The third kappa shape index (κ3) is 4.17. The van der Waals surface area contributed by atoms with E-state index in [-0.39, 0.29) is 11.3 Å². The Bertz CT molecular complexity index is 862. The molecule has 1 unspecified atom stereocenters. The smallest absolute Gasteiger partial charge is 0.234 e. The van der Waals surface area contributed by atoms with Gasteiger partial charge in [-0.1, -0.05) is 0 Å². The highest BCUT2D eigenvalue weighted by Crippen LogP contribution is 2.46. The molecule has 3 rings (SSSR count). The standard InChI is InChI=1S/C21H25NO6S/c1-24-15-6-7-16(25-2)14(8-15)11-22-19(23)12-29-21(22)13-9-17(26-3)20(28-5)18(10-13)27-4/h6-10,21H,11-12H2,1-5H3. The van der Waals surface area contributed by atoms with Gasteiger partial charge < -0.3 is 28.6 Å². The van der Waals surface area contributed by atoms with Crippen LogP contribution in [0, 0.1) is 0 Å². The Kier molecular flexibility index (Phi) is 6.64. The average Bonchev–Trinajstić information content (AvgIpc) is 3.12. The van der Waals surface area contributed by atoms with Crippen molar-refractivity contribution in [3.63, 3.8) is 0 Å². The normalized spacial score (nSPS) is 16.0. The van der Waals surface area contributed by atoms with Crippen LogP contribution in [0.5, 0.6) is 28.7 Å². The van der Waals surface area contributed by atoms with Crippen LogP contribution >= 0.6 is 11.8 Å². The van der Waals surface area contributed by atoms with Gasteiger partial charge in [-0.15, -0.1) is 11.8 Å². The zero-order chi connectivity index (χ0) is 21.0. The molecule has 2 aromatic carbocycles. The van der Waals surface area contributed by atoms with Gasteiger partial charge in [0.05, 0.1) is 47.8 Å². The fraction of sp³-hybridized carbons (Fsp3) is 0.381. The van der Waals surface area contributed by atoms with Gasteiger partial charge >= 0.3 is 0 Å². The molecule has 156 valence electrons. The van der Waals surface area contributed by atoms with E-state index in [1.54, 1.807) is 47.3 Å². The lowest BCUT2D eigenvalue weighted by Crippen LogP contribution is -2.28. The number of amides is 1. The Morgan fingerprint density at radius 1 is 0.897 bits per heavy atom. The van der Waals surface area contributed by atoms with Gasteiger partial charge in [0.25, 0.3) is 0 Å². The fourth-order valence-corrected chi connectivity index (χ4v) is 4.50. The number of nitrogens with zero attached hydrogens (tertiary/aromatic N) is 1. The van der Waals surface area contributed by atoms with Crippen LogP contribution in [-0.2, 0) is 11.3 Å². The summed E-state index contributed by atoms with van der Waals surface area (Å²) < 4.78 is 27.2. The molecule has 1 aliphatic heterocycles. The second-order valence-electron chi connectivity index (χ2n) is 6.32. The van der Waals surface area contributed by atoms with Gasteiger partial charge in [0.1, 0.15) is 16.9 Å². The van der Waals surface area contributed by atoms with Crippen LogP contribution in [0.15, 0.2) is 30.3 Å². The SMILES string of the molecule is COc1ccc(OC)c(CN2C(=O)CSC2c2cc(OC)c(OC)c(OC)c2)c1. The molecule has 0 aromatic heterocycles. The van der Waals surface area contributed by atoms with Crippen LogP contribution in [0.25, 0.3) is 0 Å². The van der Waals surface area contributed by atoms with Crippen molar-refractivity contribution in [2.75, 3.05) is 41.3 Å². The minimum Gasteiger partial charge on any atom is -0.497 e. The van der Waals surface area contributed by atoms with Crippen molar-refractivity contribution in [2.24, 2.45) is 0 Å². The Morgan fingerprint density at radius 3 is 2.10 bits per heavy atom. The summed E-state index contributed by atoms with van der Waals surface area (Å²) in [6.45, 7) is 0.396. The zero-order valence-corrected chi connectivity index (χ0v) is 18.0. The molecule has 0 spiro atoms. The maximum Gasteiger partial charge on any atom is 0.234 e. The lowest BCUT2D eigenvalue weighted by atomic mass is 10.1. The summed E-state index contributed by atoms with van der Waals surface area (Å²) in [5, 5.41) is -0.188. The number of hydrogen-bond donors (Lipinski definition) is 0. The van der Waals surface area contributed by atoms with E-state index in [1.165, 1.54) is 0 Å². The van der Waals surface area contributed by atoms with Crippen LogP contribution < -0.4 is 23.7 Å². The van der Waals surface area contributed by atoms with E-state index >= 15 is 0 Å². The van der Waals surface area contributed by atoms with Crippen LogP contribution in [0.2, 0.25) is 0 Å². The molecule has 1 atom stereocenters. The summed E-state index contributed by atoms with van der Waals surface area (Å²) in [5.41, 5.74) is 1.78. The first-order valence-corrected chi connectivity index (χ1v) is 10.0. The van der Waals surface area contributed by atoms with Gasteiger partial charge in [0.2, 0.25) is 11.7 Å². The van der Waals surface area contributed by atoms with Gasteiger partial charge in [0.15, 0.2) is 11.5 Å². The molecular formula is C21H25NO6S. The highest BCUT2D eigenvalue weighted by Gasteiger charge is 2.34. The van der Waals surface area contributed by atoms with Crippen molar-refractivity contribution < 1.29 is 28.5 Å². The minimum atomic E-state index is -0.188. The monoisotopic (exact) mass is 419 g/mol. The summed E-state index contributed by atoms with van der Waals surface area (Å²) in [6.07, 6.45) is 0. The second kappa shape index (κ2) is 9.17. The summed E-state index contributed by atoms with van der Waals surface area (Å²) in [5.74, 6) is 3.51. The molecule has 2 aromatic rings. The van der Waals surface area contributed by atoms with Crippen LogP contribution in [-0.4, -0.2) is 52.1 Å². The summed E-state index contributed by atoms with van der Waals surface area (Å²) in [7, 11) is 7.94. The first-order chi connectivity index (χ1) is 14.1. The number of carbonyl (C=O) groups is 1. The van der Waals surface area contributed by atoms with E-state index in [0.717, 1.165) is 11.1 Å². The molecule has 0 N–H and O–H groups in total. The highest BCUT2D eigenvalue weighted by atomic mass is 32.2. The van der Waals surface area contributed by atoms with Crippen LogP contribution in [0.1, 0.15) is 16.5 Å². The molecule has 0 aliphatic carbocycles. The maximum atomic E-state index is 12.7. The highest BCUT2D eigenvalue weighted by molar-refractivity contribution is 8.00. The molecule has 0 bridgehead atoms. The Labute approximate surface area is 174 Å². The molecule has 0 saturated carbocycles. The Balaban J connectivity index is 1.98. The Morgan fingerprint density at radius 2 is 1.55 bits per heavy atom. The van der Waals surface area contributed by atoms with E-state index in [4.69, 9.17) is 23.7 Å². The molecular weight excluding hydrogens is 394 g/mol. The van der Waals surface area contributed by atoms with E-state index in [1.807, 2.05) is 35.2 Å². The quantitative estimate of drug-likeness (QED) is 0.649. The topological polar surface area (TPSA) is 66.5 Å². The number of hydrogen-bond acceptors (Lipinski definition) is 7. The molecule has 1 heterocycles. The first kappa shape index (κ1) is 21.0. The van der Waals surface area contributed by atoms with E-state index in [9.17, 15) is 4.79 Å². The second-order valence-corrected chi connectivity index (χ2v) is 7.39. The van der Waals surface area contributed by atoms with Crippen LogP contribution in [0.3, 0.4) is 0 Å². The molecule has 7 nitrogen and oxygen atoms in total. The molecule has 1 aliphatic rings. The van der Waals surface area contributed by atoms with Crippen molar-refractivity contribution in [1.82, 2.24) is 4.90 Å². The molecule has 1 saturated heterocycles. The molecule has 1 amide bonds. The Hall–Kier alpha value is -2.74. The predicted molar refractivity (Wildman–Crippen MR) is 111 cm³/mol. The maximum absolute atomic E-state index is 12.7. The van der Waals surface area contributed by atoms with E-state index in [2.05, 4.69) is 0 Å². The number of thioether (sulfide) groups is 1. The lowest BCUT2D eigenvalue weighted by Gasteiger charge is -2.26. The van der Waals surface area contributed by atoms with Crippen molar-refractivity contribution in [3.05, 3.63) is 41.5 Å². The summed E-state index contributed by atoms with van der Waals surface area (Å²) >= 11 is 1.56. The number of methoxy groups -OCH3 is 5. The third-order valence-corrected chi connectivity index (χ3v) is 6.02. The van der Waals surface area contributed by atoms with Gasteiger partial charge in [-0.05, 0) is 35.9 Å². The van der Waals surface area contributed by atoms with Crippen molar-refractivity contribution in [3.8, 4) is 28.7 Å². The van der Waals surface area contributed by atoms with Crippen molar-refractivity contribution in [2.45, 2.75) is 11.9 Å². The fourth-order valence-electron chi connectivity index (χ4n) is 3.33. The van der Waals surface area contributed by atoms with Gasteiger partial charge in [0, 0.05) is 5.56 Å². The zero-order valence-electron chi connectivity index (χ0n) is 17.2. The van der Waals surface area contributed by atoms with Crippen molar-refractivity contribution >= 4 is 17.7 Å². The van der Waals surface area contributed by atoms with E-state index < -0.39 is 0 Å². The number of benzene rings is 2. The molecule has 1 fully saturated rings.